The van der Waals surface area contributed by atoms with E-state index in [4.69, 9.17) is 21.1 Å². The van der Waals surface area contributed by atoms with Crippen LogP contribution in [0.15, 0.2) is 24.3 Å². The molecule has 2 aromatic carbocycles. The van der Waals surface area contributed by atoms with Crippen LogP contribution in [0.2, 0.25) is 5.02 Å². The summed E-state index contributed by atoms with van der Waals surface area (Å²) in [6.45, 7) is 8.77. The number of piperazine rings is 1. The molecule has 0 saturated carbocycles. The first-order chi connectivity index (χ1) is 19.4. The molecule has 41 heavy (non-hydrogen) atoms. The number of aromatic hydroxyl groups is 1. The maximum atomic E-state index is 16.1. The highest BCUT2D eigenvalue weighted by atomic mass is 35.5. The molecule has 2 N–H and O–H groups in total. The number of hydrogen-bond acceptors (Lipinski definition) is 9. The number of phenols is 1. The third-order valence-electron chi connectivity index (χ3n) is 6.25. The van der Waals surface area contributed by atoms with Crippen LogP contribution in [0, 0.1) is 11.6 Å². The molecule has 1 saturated heterocycles. The molecule has 0 atom stereocenters. The number of phenolic OH excluding ortho intramolecular Hbond substituents is 1. The number of carbonyl (C=O) groups is 2. The minimum absolute atomic E-state index is 0.0244. The average Bonchev–Trinajstić information content (AvgIpc) is 2.89. The lowest BCUT2D eigenvalue weighted by molar-refractivity contribution is -0.142. The smallest absolute Gasteiger partial charge is 0.410 e. The van der Waals surface area contributed by atoms with Crippen molar-refractivity contribution in [3.63, 3.8) is 0 Å². The summed E-state index contributed by atoms with van der Waals surface area (Å²) in [5, 5.41) is 13.4. The Morgan fingerprint density at radius 3 is 2.46 bits per heavy atom. The lowest BCUT2D eigenvalue weighted by atomic mass is 10.0. The number of amides is 1. The Labute approximate surface area is 241 Å². The van der Waals surface area contributed by atoms with Crippen molar-refractivity contribution < 1.29 is 33.0 Å². The van der Waals surface area contributed by atoms with E-state index in [1.54, 1.807) is 32.6 Å². The van der Waals surface area contributed by atoms with Gasteiger partial charge in [-0.1, -0.05) is 17.7 Å². The Bertz CT molecular complexity index is 1440. The van der Waals surface area contributed by atoms with Crippen LogP contribution >= 0.6 is 11.6 Å². The molecule has 13 heteroatoms. The summed E-state index contributed by atoms with van der Waals surface area (Å²) >= 11 is 6.48. The second-order valence-electron chi connectivity index (χ2n) is 10.4. The molecule has 1 aromatic heterocycles. The van der Waals surface area contributed by atoms with Gasteiger partial charge in [-0.05, 0) is 45.9 Å². The highest BCUT2D eigenvalue weighted by Crippen LogP contribution is 2.42. The molecular weight excluding hydrogens is 560 g/mol. The van der Waals surface area contributed by atoms with Gasteiger partial charge in [-0.15, -0.1) is 0 Å². The summed E-state index contributed by atoms with van der Waals surface area (Å²) in [6.07, 6.45) is -0.411. The number of halogens is 3. The van der Waals surface area contributed by atoms with E-state index in [1.165, 1.54) is 18.2 Å². The number of esters is 1. The second kappa shape index (κ2) is 12.3. The first kappa shape index (κ1) is 30.0. The Hall–Kier alpha value is -3.93. The van der Waals surface area contributed by atoms with Gasteiger partial charge in [-0.2, -0.15) is 4.98 Å². The standard InChI is InChI=1S/C28H32ClF2N5O5/c1-5-40-20(38)9-10-32-26-33-24-16(15-17(29)21(23(24)31)22-18(30)7-6-8-19(22)37)25(34-26)35-11-13-36(14-12-35)27(39)41-28(2,3)4/h6-8,15,37H,5,9-14H2,1-4H3,(H,32,33,34). The zero-order chi connectivity index (χ0) is 29.9. The number of ether oxygens (including phenoxy) is 2. The van der Waals surface area contributed by atoms with Crippen LogP contribution in [0.5, 0.6) is 5.75 Å². The van der Waals surface area contributed by atoms with Crippen LogP contribution in [-0.4, -0.2) is 77.0 Å². The van der Waals surface area contributed by atoms with E-state index in [9.17, 15) is 19.1 Å². The van der Waals surface area contributed by atoms with E-state index in [0.29, 0.717) is 32.0 Å². The molecule has 1 aliphatic heterocycles. The van der Waals surface area contributed by atoms with E-state index in [0.717, 1.165) is 6.07 Å². The summed E-state index contributed by atoms with van der Waals surface area (Å²) in [5.74, 6) is -2.35. The average molecular weight is 592 g/mol. The van der Waals surface area contributed by atoms with E-state index < -0.39 is 35.0 Å². The van der Waals surface area contributed by atoms with Crippen molar-refractivity contribution in [2.75, 3.05) is 49.5 Å². The summed E-state index contributed by atoms with van der Waals surface area (Å²) in [5.41, 5.74) is -1.53. The van der Waals surface area contributed by atoms with Gasteiger partial charge in [0, 0.05) is 43.7 Å². The van der Waals surface area contributed by atoms with Crippen molar-refractivity contribution in [1.82, 2.24) is 14.9 Å². The molecule has 1 amide bonds. The maximum Gasteiger partial charge on any atom is 0.410 e. The van der Waals surface area contributed by atoms with Crippen LogP contribution in [0.3, 0.4) is 0 Å². The van der Waals surface area contributed by atoms with Gasteiger partial charge in [0.05, 0.1) is 23.6 Å². The van der Waals surface area contributed by atoms with Crippen molar-refractivity contribution in [3.05, 3.63) is 40.9 Å². The fourth-order valence-corrected chi connectivity index (χ4v) is 4.71. The van der Waals surface area contributed by atoms with Crippen LogP contribution in [-0.2, 0) is 14.3 Å². The van der Waals surface area contributed by atoms with Crippen LogP contribution < -0.4 is 10.2 Å². The molecule has 4 rings (SSSR count). The predicted octanol–water partition coefficient (Wildman–Crippen LogP) is 5.36. The first-order valence-corrected chi connectivity index (χ1v) is 13.6. The molecule has 0 radical (unpaired) electrons. The van der Waals surface area contributed by atoms with Crippen molar-refractivity contribution >= 4 is 46.3 Å². The van der Waals surface area contributed by atoms with Gasteiger partial charge in [0.2, 0.25) is 5.95 Å². The van der Waals surface area contributed by atoms with Crippen molar-refractivity contribution in [1.29, 1.82) is 0 Å². The Morgan fingerprint density at radius 1 is 1.12 bits per heavy atom. The van der Waals surface area contributed by atoms with Gasteiger partial charge in [0.15, 0.2) is 5.82 Å². The van der Waals surface area contributed by atoms with E-state index in [2.05, 4.69) is 15.3 Å². The van der Waals surface area contributed by atoms with Gasteiger partial charge >= 0.3 is 12.1 Å². The quantitative estimate of drug-likeness (QED) is 0.350. The van der Waals surface area contributed by atoms with Gasteiger partial charge in [-0.3, -0.25) is 4.79 Å². The molecular formula is C28H32ClF2N5O5. The molecule has 0 aliphatic carbocycles. The topological polar surface area (TPSA) is 117 Å². The normalized spacial score (nSPS) is 13.8. The molecule has 1 fully saturated rings. The number of carbonyl (C=O) groups excluding carboxylic acids is 2. The molecule has 2 heterocycles. The Kier molecular flexibility index (Phi) is 9.01. The summed E-state index contributed by atoms with van der Waals surface area (Å²) in [7, 11) is 0. The number of hydrogen-bond donors (Lipinski definition) is 2. The highest BCUT2D eigenvalue weighted by molar-refractivity contribution is 6.34. The maximum absolute atomic E-state index is 16.1. The van der Waals surface area contributed by atoms with Gasteiger partial charge in [-0.25, -0.2) is 18.6 Å². The number of rotatable bonds is 7. The predicted molar refractivity (Wildman–Crippen MR) is 151 cm³/mol. The van der Waals surface area contributed by atoms with Crippen LogP contribution in [0.1, 0.15) is 34.1 Å². The second-order valence-corrected chi connectivity index (χ2v) is 10.8. The lowest BCUT2D eigenvalue weighted by Crippen LogP contribution is -2.50. The zero-order valence-corrected chi connectivity index (χ0v) is 24.0. The van der Waals surface area contributed by atoms with Gasteiger partial charge in [0.1, 0.15) is 28.5 Å². The number of nitrogens with one attached hydrogen (secondary N) is 1. The SMILES string of the molecule is CCOC(=O)CCNc1nc(N2CCN(C(=O)OC(C)(C)C)CC2)c2cc(Cl)c(-c3c(O)cccc3F)c(F)c2n1. The number of fused-ring (bicyclic) bond motifs is 1. The zero-order valence-electron chi connectivity index (χ0n) is 23.3. The lowest BCUT2D eigenvalue weighted by Gasteiger charge is -2.36. The molecule has 0 spiro atoms. The third-order valence-corrected chi connectivity index (χ3v) is 6.55. The molecule has 10 nitrogen and oxygen atoms in total. The number of nitrogens with zero attached hydrogens (tertiary/aromatic N) is 4. The van der Waals surface area contributed by atoms with E-state index >= 15 is 4.39 Å². The van der Waals surface area contributed by atoms with Gasteiger partial charge in [0.25, 0.3) is 0 Å². The van der Waals surface area contributed by atoms with Crippen molar-refractivity contribution in [2.24, 2.45) is 0 Å². The molecule has 220 valence electrons. The summed E-state index contributed by atoms with van der Waals surface area (Å²) in [4.78, 5) is 36.7. The fraction of sp³-hybridized carbons (Fsp3) is 0.429. The minimum Gasteiger partial charge on any atom is -0.507 e. The van der Waals surface area contributed by atoms with Crippen LogP contribution in [0.25, 0.3) is 22.0 Å². The molecule has 0 unspecified atom stereocenters. The molecule has 1 aliphatic rings. The van der Waals surface area contributed by atoms with Gasteiger partial charge < -0.3 is 29.7 Å². The van der Waals surface area contributed by atoms with E-state index in [-0.39, 0.29) is 52.6 Å². The minimum atomic E-state index is -0.947. The monoisotopic (exact) mass is 591 g/mol. The Morgan fingerprint density at radius 2 is 1.83 bits per heavy atom. The van der Waals surface area contributed by atoms with Crippen molar-refractivity contribution in [2.45, 2.75) is 39.7 Å². The number of anilines is 2. The largest absolute Gasteiger partial charge is 0.507 e. The summed E-state index contributed by atoms with van der Waals surface area (Å²) in [6, 6.07) is 5.05. The highest BCUT2D eigenvalue weighted by Gasteiger charge is 2.29. The third kappa shape index (κ3) is 6.87. The first-order valence-electron chi connectivity index (χ1n) is 13.2. The van der Waals surface area contributed by atoms with Crippen molar-refractivity contribution in [3.8, 4) is 16.9 Å². The molecule has 3 aromatic rings. The fourth-order valence-electron chi connectivity index (χ4n) is 4.43. The number of aromatic nitrogens is 2. The van der Waals surface area contributed by atoms with E-state index in [1.807, 2.05) is 4.90 Å². The summed E-state index contributed by atoms with van der Waals surface area (Å²) < 4.78 is 41.3. The number of benzene rings is 2. The van der Waals surface area contributed by atoms with Crippen LogP contribution in [0.4, 0.5) is 25.3 Å². The molecule has 0 bridgehead atoms. The Balaban J connectivity index is 1.73.